The van der Waals surface area contributed by atoms with Crippen molar-refractivity contribution in [3.8, 4) is 16.9 Å². The van der Waals surface area contributed by atoms with Gasteiger partial charge in [-0.1, -0.05) is 60.7 Å². The van der Waals surface area contributed by atoms with Crippen LogP contribution in [0.5, 0.6) is 5.75 Å². The van der Waals surface area contributed by atoms with Crippen LogP contribution in [0.4, 0.5) is 5.69 Å². The lowest BCUT2D eigenvalue weighted by atomic mass is 10.0. The Labute approximate surface area is 187 Å². The quantitative estimate of drug-likeness (QED) is 0.569. The topological polar surface area (TPSA) is 92.9 Å². The van der Waals surface area contributed by atoms with Crippen LogP contribution in [0.2, 0.25) is 0 Å². The van der Waals surface area contributed by atoms with Crippen molar-refractivity contribution in [3.63, 3.8) is 0 Å². The van der Waals surface area contributed by atoms with E-state index < -0.39 is 12.0 Å². The van der Waals surface area contributed by atoms with Gasteiger partial charge < -0.3 is 20.5 Å². The molecule has 0 saturated carbocycles. The number of aliphatic carboxylic acids is 1. The molecular formula is C26H26N2O4. The number of hydrogen-bond acceptors (Lipinski definition) is 4. The van der Waals surface area contributed by atoms with Crippen molar-refractivity contribution >= 4 is 17.6 Å². The van der Waals surface area contributed by atoms with Crippen LogP contribution < -0.4 is 15.4 Å². The lowest BCUT2D eigenvalue weighted by Gasteiger charge is -2.21. The van der Waals surface area contributed by atoms with Gasteiger partial charge >= 0.3 is 5.97 Å². The fourth-order valence-electron chi connectivity index (χ4n) is 3.93. The van der Waals surface area contributed by atoms with E-state index in [2.05, 4.69) is 36.4 Å². The van der Waals surface area contributed by atoms with Crippen molar-refractivity contribution < 1.29 is 19.4 Å². The second kappa shape index (κ2) is 9.66. The average Bonchev–Trinajstić information content (AvgIpc) is 3.22. The maximum atomic E-state index is 12.6. The minimum absolute atomic E-state index is 0.373. The summed E-state index contributed by atoms with van der Waals surface area (Å²) in [6.07, 6.45) is 1.09. The Morgan fingerprint density at radius 3 is 2.44 bits per heavy atom. The highest BCUT2D eigenvalue weighted by atomic mass is 16.5. The van der Waals surface area contributed by atoms with Gasteiger partial charge in [0.25, 0.3) is 0 Å². The first-order valence-electron chi connectivity index (χ1n) is 10.7. The van der Waals surface area contributed by atoms with Gasteiger partial charge in [-0.25, -0.2) is 0 Å². The van der Waals surface area contributed by atoms with E-state index in [1.807, 2.05) is 36.4 Å². The zero-order valence-corrected chi connectivity index (χ0v) is 17.7. The number of nitrogens with zero attached hydrogens (tertiary/aromatic N) is 1. The Balaban J connectivity index is 1.36. The van der Waals surface area contributed by atoms with Crippen LogP contribution in [-0.2, 0) is 22.4 Å². The maximum Gasteiger partial charge on any atom is 0.305 e. The number of amides is 1. The minimum atomic E-state index is -1.08. The number of anilines is 1. The smallest absolute Gasteiger partial charge is 0.305 e. The van der Waals surface area contributed by atoms with Crippen LogP contribution in [0.25, 0.3) is 11.1 Å². The summed E-state index contributed by atoms with van der Waals surface area (Å²) in [5.74, 6) is -0.780. The van der Waals surface area contributed by atoms with Gasteiger partial charge in [0, 0.05) is 19.0 Å². The number of hydrogen-bond donors (Lipinski definition) is 2. The lowest BCUT2D eigenvalue weighted by molar-refractivity contribution is -0.139. The molecule has 0 bridgehead atoms. The molecule has 1 atom stereocenters. The molecule has 4 rings (SSSR count). The summed E-state index contributed by atoms with van der Waals surface area (Å²) in [5, 5.41) is 8.91. The SMILES string of the molecule is NC(CC(=O)O)C(=O)N1CCc2ccc(OCCc3ccc(-c4ccccc4)cc3)cc21. The van der Waals surface area contributed by atoms with E-state index in [9.17, 15) is 9.59 Å². The molecule has 1 heterocycles. The van der Waals surface area contributed by atoms with Crippen LogP contribution in [0.3, 0.4) is 0 Å². The van der Waals surface area contributed by atoms with E-state index in [1.54, 1.807) is 4.90 Å². The number of carboxylic acid groups (broad SMARTS) is 1. The van der Waals surface area contributed by atoms with E-state index in [4.69, 9.17) is 15.6 Å². The molecule has 6 heteroatoms. The number of nitrogens with two attached hydrogens (primary N) is 1. The highest BCUT2D eigenvalue weighted by Gasteiger charge is 2.29. The van der Waals surface area contributed by atoms with Gasteiger partial charge in [-0.15, -0.1) is 0 Å². The Hall–Kier alpha value is -3.64. The van der Waals surface area contributed by atoms with Gasteiger partial charge in [-0.2, -0.15) is 0 Å². The monoisotopic (exact) mass is 430 g/mol. The summed E-state index contributed by atoms with van der Waals surface area (Å²) in [6.45, 7) is 1.01. The fraction of sp³-hybridized carbons (Fsp3) is 0.231. The predicted octanol–water partition coefficient (Wildman–Crippen LogP) is 3.67. The van der Waals surface area contributed by atoms with Crippen LogP contribution in [0.1, 0.15) is 17.5 Å². The molecule has 1 amide bonds. The summed E-state index contributed by atoms with van der Waals surface area (Å²) >= 11 is 0. The van der Waals surface area contributed by atoms with Crippen molar-refractivity contribution in [1.82, 2.24) is 0 Å². The number of benzene rings is 3. The molecule has 164 valence electrons. The summed E-state index contributed by atoms with van der Waals surface area (Å²) < 4.78 is 5.94. The molecule has 1 unspecified atom stereocenters. The van der Waals surface area contributed by atoms with Crippen molar-refractivity contribution in [2.24, 2.45) is 5.73 Å². The van der Waals surface area contributed by atoms with Gasteiger partial charge in [-0.3, -0.25) is 9.59 Å². The molecule has 3 aromatic rings. The Morgan fingerprint density at radius 1 is 1.00 bits per heavy atom. The van der Waals surface area contributed by atoms with E-state index in [1.165, 1.54) is 16.7 Å². The van der Waals surface area contributed by atoms with Crippen LogP contribution in [-0.4, -0.2) is 36.2 Å². The zero-order valence-electron chi connectivity index (χ0n) is 17.7. The van der Waals surface area contributed by atoms with Gasteiger partial charge in [0.05, 0.1) is 24.8 Å². The number of ether oxygens (including phenoxy) is 1. The van der Waals surface area contributed by atoms with Gasteiger partial charge in [0.1, 0.15) is 5.75 Å². The highest BCUT2D eigenvalue weighted by Crippen LogP contribution is 2.32. The molecule has 0 fully saturated rings. The maximum absolute atomic E-state index is 12.6. The second-order valence-electron chi connectivity index (χ2n) is 7.90. The molecule has 0 spiro atoms. The first-order valence-corrected chi connectivity index (χ1v) is 10.7. The molecule has 3 N–H and O–H groups in total. The molecule has 32 heavy (non-hydrogen) atoms. The van der Waals surface area contributed by atoms with E-state index >= 15 is 0 Å². The van der Waals surface area contributed by atoms with Crippen molar-refractivity contribution in [3.05, 3.63) is 83.9 Å². The van der Waals surface area contributed by atoms with Gasteiger partial charge in [0.2, 0.25) is 5.91 Å². The van der Waals surface area contributed by atoms with Gasteiger partial charge in [-0.05, 0) is 34.7 Å². The standard InChI is InChI=1S/C26H26N2O4/c27-23(17-25(29)30)26(31)28-14-12-21-10-11-22(16-24(21)28)32-15-13-18-6-8-20(9-7-18)19-4-2-1-3-5-19/h1-11,16,23H,12-15,17,27H2,(H,29,30). The van der Waals surface area contributed by atoms with Gasteiger partial charge in [0.15, 0.2) is 0 Å². The van der Waals surface area contributed by atoms with E-state index in [0.717, 1.165) is 24.1 Å². The fourth-order valence-corrected chi connectivity index (χ4v) is 3.93. The molecule has 3 aromatic carbocycles. The molecular weight excluding hydrogens is 404 g/mol. The Kier molecular flexibility index (Phi) is 6.52. The third kappa shape index (κ3) is 4.98. The number of carbonyl (C=O) groups is 2. The first kappa shape index (κ1) is 21.6. The summed E-state index contributed by atoms with van der Waals surface area (Å²) in [6, 6.07) is 23.3. The van der Waals surface area contributed by atoms with Crippen molar-refractivity contribution in [2.75, 3.05) is 18.1 Å². The summed E-state index contributed by atoms with van der Waals surface area (Å²) in [7, 11) is 0. The molecule has 1 aliphatic heterocycles. The molecule has 0 aliphatic carbocycles. The number of carbonyl (C=O) groups excluding carboxylic acids is 1. The Bertz CT molecular complexity index is 1100. The molecule has 0 aromatic heterocycles. The highest BCUT2D eigenvalue weighted by molar-refractivity contribution is 6.00. The molecule has 1 aliphatic rings. The second-order valence-corrected chi connectivity index (χ2v) is 7.90. The van der Waals surface area contributed by atoms with Crippen LogP contribution in [0, 0.1) is 0 Å². The largest absolute Gasteiger partial charge is 0.493 e. The first-order chi connectivity index (χ1) is 15.5. The number of fused-ring (bicyclic) bond motifs is 1. The Morgan fingerprint density at radius 2 is 1.72 bits per heavy atom. The third-order valence-corrected chi connectivity index (χ3v) is 5.65. The number of carboxylic acids is 1. The lowest BCUT2D eigenvalue weighted by Crippen LogP contribution is -2.44. The molecule has 0 saturated heterocycles. The predicted molar refractivity (Wildman–Crippen MR) is 124 cm³/mol. The van der Waals surface area contributed by atoms with Crippen LogP contribution >= 0.6 is 0 Å². The number of rotatable bonds is 8. The normalized spacial score (nSPS) is 13.5. The van der Waals surface area contributed by atoms with Crippen molar-refractivity contribution in [2.45, 2.75) is 25.3 Å². The summed E-state index contributed by atoms with van der Waals surface area (Å²) in [5.41, 5.74) is 11.1. The van der Waals surface area contributed by atoms with Crippen LogP contribution in [0.15, 0.2) is 72.8 Å². The average molecular weight is 431 g/mol. The van der Waals surface area contributed by atoms with Crippen molar-refractivity contribution in [1.29, 1.82) is 0 Å². The van der Waals surface area contributed by atoms with E-state index in [0.29, 0.717) is 18.9 Å². The third-order valence-electron chi connectivity index (χ3n) is 5.65. The minimum Gasteiger partial charge on any atom is -0.493 e. The molecule has 0 radical (unpaired) electrons. The zero-order chi connectivity index (χ0) is 22.5. The van der Waals surface area contributed by atoms with E-state index in [-0.39, 0.29) is 12.3 Å². The summed E-state index contributed by atoms with van der Waals surface area (Å²) in [4.78, 5) is 25.0. The molecule has 6 nitrogen and oxygen atoms in total.